The third kappa shape index (κ3) is 5.12. The molecule has 1 aliphatic rings. The molecular weight excluding hydrogens is 453 g/mol. The van der Waals surface area contributed by atoms with Gasteiger partial charge in [-0.25, -0.2) is 4.79 Å². The number of carbonyl (C=O) groups excluding carboxylic acids is 1. The highest BCUT2D eigenvalue weighted by Gasteiger charge is 2.45. The molecule has 1 N–H and O–H groups in total. The first-order valence-electron chi connectivity index (χ1n) is 10.3. The minimum Gasteiger partial charge on any atom is -0.459 e. The van der Waals surface area contributed by atoms with Crippen molar-refractivity contribution >= 4 is 5.97 Å². The summed E-state index contributed by atoms with van der Waals surface area (Å²) in [6.45, 7) is 2.61. The lowest BCUT2D eigenvalue weighted by Crippen LogP contribution is -2.33. The Labute approximate surface area is 194 Å². The average molecular weight is 476 g/mol. The summed E-state index contributed by atoms with van der Waals surface area (Å²) in [4.78, 5) is 24.3. The number of carbonyl (C=O) groups is 1. The van der Waals surface area contributed by atoms with Crippen molar-refractivity contribution in [2.24, 2.45) is 0 Å². The topological polar surface area (TPSA) is 90.7 Å². The minimum absolute atomic E-state index is 0.0417. The van der Waals surface area contributed by atoms with Crippen LogP contribution in [-0.4, -0.2) is 24.6 Å². The fourth-order valence-electron chi connectivity index (χ4n) is 4.00. The van der Waals surface area contributed by atoms with Gasteiger partial charge in [-0.2, -0.15) is 13.2 Å². The van der Waals surface area contributed by atoms with Crippen LogP contribution in [0, 0.1) is 10.1 Å². The number of esters is 1. The number of dihydropyridines is 1. The summed E-state index contributed by atoms with van der Waals surface area (Å²) in [7, 11) is 1.43. The first kappa shape index (κ1) is 25.0. The quantitative estimate of drug-likeness (QED) is 0.340. The zero-order valence-corrected chi connectivity index (χ0v) is 18.7. The number of hydrogen-bond acceptors (Lipinski definition) is 6. The van der Waals surface area contributed by atoms with Crippen LogP contribution in [0.25, 0.3) is 0 Å². The van der Waals surface area contributed by atoms with Crippen LogP contribution in [0.4, 0.5) is 13.2 Å². The number of hydrogen-bond donors (Lipinski definition) is 1. The summed E-state index contributed by atoms with van der Waals surface area (Å²) in [5, 5.41) is 14.7. The molecule has 1 aliphatic heterocycles. The largest absolute Gasteiger partial charge is 0.459 e. The molecule has 0 saturated carbocycles. The number of rotatable bonds is 7. The van der Waals surface area contributed by atoms with Crippen molar-refractivity contribution < 1.29 is 32.4 Å². The lowest BCUT2D eigenvalue weighted by molar-refractivity contribution is -0.431. The summed E-state index contributed by atoms with van der Waals surface area (Å²) in [6.07, 6.45) is -5.41. The first-order chi connectivity index (χ1) is 16.1. The van der Waals surface area contributed by atoms with E-state index in [0.717, 1.165) is 17.7 Å². The number of nitrogens with zero attached hydrogens (tertiary/aromatic N) is 1. The van der Waals surface area contributed by atoms with Crippen molar-refractivity contribution in [2.75, 3.05) is 13.7 Å². The molecule has 1 heterocycles. The zero-order valence-electron chi connectivity index (χ0n) is 18.7. The van der Waals surface area contributed by atoms with Gasteiger partial charge in [-0.1, -0.05) is 48.5 Å². The Morgan fingerprint density at radius 2 is 1.71 bits per heavy atom. The van der Waals surface area contributed by atoms with Gasteiger partial charge in [-0.15, -0.1) is 0 Å². The Hall–Kier alpha value is -3.66. The first-order valence-corrected chi connectivity index (χ1v) is 10.3. The normalized spacial score (nSPS) is 17.3. The van der Waals surface area contributed by atoms with Crippen molar-refractivity contribution in [2.45, 2.75) is 32.0 Å². The van der Waals surface area contributed by atoms with Crippen LogP contribution in [0.15, 0.2) is 77.3 Å². The highest BCUT2D eigenvalue weighted by atomic mass is 19.4. The number of ether oxygens (including phenoxy) is 2. The number of allylic oxidation sites excluding steroid dienone is 3. The van der Waals surface area contributed by atoms with Crippen LogP contribution in [-0.2, 0) is 20.4 Å². The fraction of sp³-hybridized carbons (Fsp3) is 0.292. The van der Waals surface area contributed by atoms with Crippen LogP contribution in [0.2, 0.25) is 0 Å². The smallest absolute Gasteiger partial charge is 0.416 e. The predicted molar refractivity (Wildman–Crippen MR) is 117 cm³/mol. The summed E-state index contributed by atoms with van der Waals surface area (Å²) in [6, 6.07) is 13.4. The highest BCUT2D eigenvalue weighted by Crippen LogP contribution is 2.44. The van der Waals surface area contributed by atoms with E-state index in [-0.39, 0.29) is 23.6 Å². The average Bonchev–Trinajstić information content (AvgIpc) is 2.78. The fourth-order valence-corrected chi connectivity index (χ4v) is 4.00. The van der Waals surface area contributed by atoms with E-state index in [1.807, 2.05) is 0 Å². The molecule has 0 aromatic heterocycles. The maximum atomic E-state index is 13.8. The van der Waals surface area contributed by atoms with E-state index in [1.54, 1.807) is 30.3 Å². The van der Waals surface area contributed by atoms with Gasteiger partial charge in [0.2, 0.25) is 0 Å². The Morgan fingerprint density at radius 1 is 1.09 bits per heavy atom. The number of benzene rings is 2. The van der Waals surface area contributed by atoms with E-state index in [0.29, 0.717) is 0 Å². The predicted octanol–water partition coefficient (Wildman–Crippen LogP) is 5.11. The number of methoxy groups -OCH3 is 1. The van der Waals surface area contributed by atoms with Crippen molar-refractivity contribution in [3.63, 3.8) is 0 Å². The highest BCUT2D eigenvalue weighted by molar-refractivity contribution is 5.92. The minimum atomic E-state index is -4.78. The van der Waals surface area contributed by atoms with Crippen LogP contribution in [0.1, 0.15) is 42.6 Å². The monoisotopic (exact) mass is 476 g/mol. The molecule has 0 radical (unpaired) electrons. The van der Waals surface area contributed by atoms with E-state index in [4.69, 9.17) is 9.47 Å². The molecule has 180 valence electrons. The van der Waals surface area contributed by atoms with Crippen LogP contribution in [0.3, 0.4) is 0 Å². The van der Waals surface area contributed by atoms with Gasteiger partial charge in [0.05, 0.1) is 21.8 Å². The number of alkyl halides is 3. The van der Waals surface area contributed by atoms with E-state index < -0.39 is 45.9 Å². The van der Waals surface area contributed by atoms with Gasteiger partial charge in [0, 0.05) is 12.8 Å². The van der Waals surface area contributed by atoms with Gasteiger partial charge in [0.25, 0.3) is 5.70 Å². The maximum absolute atomic E-state index is 13.8. The Bertz CT molecular complexity index is 1140. The van der Waals surface area contributed by atoms with E-state index in [2.05, 4.69) is 5.32 Å². The third-order valence-corrected chi connectivity index (χ3v) is 5.54. The summed E-state index contributed by atoms with van der Waals surface area (Å²) in [5.41, 5.74) is -1.35. The number of nitrogens with one attached hydrogen (secondary N) is 1. The molecule has 3 rings (SSSR count). The van der Waals surface area contributed by atoms with E-state index >= 15 is 0 Å². The lowest BCUT2D eigenvalue weighted by atomic mass is 9.81. The second-order valence-electron chi connectivity index (χ2n) is 7.68. The molecule has 2 atom stereocenters. The molecule has 2 aromatic rings. The molecule has 0 saturated heterocycles. The van der Waals surface area contributed by atoms with Crippen molar-refractivity contribution in [3.05, 3.63) is 104 Å². The van der Waals surface area contributed by atoms with Gasteiger partial charge in [-0.3, -0.25) is 10.1 Å². The maximum Gasteiger partial charge on any atom is 0.416 e. The lowest BCUT2D eigenvalue weighted by Gasteiger charge is -2.28. The standard InChI is InChI=1S/C24H23F3N2O5/c1-14-20(23(30)34-13-19(33-3)16-9-5-4-6-10-16)21(22(29(31)32)15(2)28-14)17-11-7-8-12-18(17)24(25,26)27/h4-12,19,21,28H,13H2,1-3H3/t19-,21?/m1/s1. The van der Waals surface area contributed by atoms with Crippen molar-refractivity contribution in [1.82, 2.24) is 5.32 Å². The van der Waals surface area contributed by atoms with Crippen LogP contribution >= 0.6 is 0 Å². The molecular formula is C24H23F3N2O5. The van der Waals surface area contributed by atoms with Gasteiger partial charge >= 0.3 is 12.1 Å². The summed E-state index contributed by atoms with van der Waals surface area (Å²) < 4.78 is 52.2. The molecule has 7 nitrogen and oxygen atoms in total. The molecule has 34 heavy (non-hydrogen) atoms. The van der Waals surface area contributed by atoms with Crippen molar-refractivity contribution in [1.29, 1.82) is 0 Å². The Morgan fingerprint density at radius 3 is 2.29 bits per heavy atom. The molecule has 0 spiro atoms. The molecule has 0 bridgehead atoms. The molecule has 2 aromatic carbocycles. The second-order valence-corrected chi connectivity index (χ2v) is 7.68. The van der Waals surface area contributed by atoms with Crippen molar-refractivity contribution in [3.8, 4) is 0 Å². The van der Waals surface area contributed by atoms with E-state index in [9.17, 15) is 28.1 Å². The summed E-state index contributed by atoms with van der Waals surface area (Å²) in [5.74, 6) is -2.56. The van der Waals surface area contributed by atoms with Gasteiger partial charge in [0.15, 0.2) is 0 Å². The Balaban J connectivity index is 2.03. The van der Waals surface area contributed by atoms with Gasteiger partial charge in [-0.05, 0) is 31.0 Å². The Kier molecular flexibility index (Phi) is 7.41. The molecule has 1 unspecified atom stereocenters. The zero-order chi connectivity index (χ0) is 25.0. The molecule has 0 aliphatic carbocycles. The summed E-state index contributed by atoms with van der Waals surface area (Å²) >= 11 is 0. The van der Waals surface area contributed by atoms with E-state index in [1.165, 1.54) is 33.1 Å². The number of nitro groups is 1. The van der Waals surface area contributed by atoms with Gasteiger partial charge in [0.1, 0.15) is 18.6 Å². The van der Waals surface area contributed by atoms with Crippen LogP contribution in [0.5, 0.6) is 0 Å². The molecule has 10 heteroatoms. The van der Waals surface area contributed by atoms with Gasteiger partial charge < -0.3 is 14.8 Å². The SMILES string of the molecule is CO[C@H](COC(=O)C1=C(C)NC(C)=C([N+](=O)[O-])C1c1ccccc1C(F)(F)F)c1ccccc1. The molecule has 0 amide bonds. The third-order valence-electron chi connectivity index (χ3n) is 5.54. The molecule has 0 fully saturated rings. The second kappa shape index (κ2) is 10.1. The number of halogens is 3. The van der Waals surface area contributed by atoms with Crippen LogP contribution < -0.4 is 5.32 Å².